The van der Waals surface area contributed by atoms with Gasteiger partial charge in [0, 0.05) is 0 Å². The molecule has 0 unspecified atom stereocenters. The van der Waals surface area contributed by atoms with Crippen LogP contribution in [0, 0.1) is 0 Å². The van der Waals surface area contributed by atoms with Crippen LogP contribution in [-0.2, 0) is 0 Å². The van der Waals surface area contributed by atoms with Crippen molar-refractivity contribution in [3.8, 4) is 0 Å². The van der Waals surface area contributed by atoms with Gasteiger partial charge in [-0.2, -0.15) is 0 Å². The molecule has 1 nitrogen and oxygen atoms in total. The van der Waals surface area contributed by atoms with Gasteiger partial charge in [-0.05, 0) is 38.1 Å². The summed E-state index contributed by atoms with van der Waals surface area (Å²) in [6, 6.07) is 4.35. The van der Waals surface area contributed by atoms with Crippen molar-refractivity contribution in [1.82, 2.24) is 4.90 Å². The predicted molar refractivity (Wildman–Crippen MR) is 114 cm³/mol. The Balaban J connectivity index is 2.64. The molecule has 1 heterocycles. The fourth-order valence-electron chi connectivity index (χ4n) is 4.75. The number of rotatable bonds is 8. The van der Waals surface area contributed by atoms with Crippen molar-refractivity contribution in [3.63, 3.8) is 0 Å². The molecule has 0 aromatic heterocycles. The zero-order valence-corrected chi connectivity index (χ0v) is 18.0. The summed E-state index contributed by atoms with van der Waals surface area (Å²) in [6.07, 6.45) is 21.0. The third-order valence-corrected chi connectivity index (χ3v) is 11.3. The minimum absolute atomic E-state index is 1.18. The second-order valence-corrected chi connectivity index (χ2v) is 13.0. The second kappa shape index (κ2) is 14.1. The van der Waals surface area contributed by atoms with Crippen LogP contribution in [0.1, 0.15) is 90.9 Å². The maximum Gasteiger partial charge on any atom is 0.0727 e. The van der Waals surface area contributed by atoms with Crippen molar-refractivity contribution < 1.29 is 0 Å². The molecule has 24 heavy (non-hydrogen) atoms. The smallest absolute Gasteiger partial charge is 0.0727 e. The first kappa shape index (κ1) is 22.0. The van der Waals surface area contributed by atoms with Crippen molar-refractivity contribution in [2.24, 2.45) is 0 Å². The fourth-order valence-corrected chi connectivity index (χ4v) is 9.85. The van der Waals surface area contributed by atoms with Crippen LogP contribution in [0.15, 0.2) is 12.7 Å². The fraction of sp³-hybridized carbons (Fsp3) is 0.909. The van der Waals surface area contributed by atoms with E-state index in [1.54, 1.807) is 0 Å². The lowest BCUT2D eigenvalue weighted by molar-refractivity contribution is 0.294. The topological polar surface area (TPSA) is 3.24 Å². The molecule has 0 aromatic carbocycles. The molecule has 1 aliphatic heterocycles. The lowest BCUT2D eigenvalue weighted by atomic mass is 10.1. The zero-order valence-electron chi connectivity index (χ0n) is 17.0. The summed E-state index contributed by atoms with van der Waals surface area (Å²) in [6.45, 7) is 11.6. The van der Waals surface area contributed by atoms with Crippen molar-refractivity contribution >= 4 is 8.07 Å². The summed E-state index contributed by atoms with van der Waals surface area (Å²) >= 11 is 0. The van der Waals surface area contributed by atoms with Crippen LogP contribution < -0.4 is 0 Å². The zero-order chi connectivity index (χ0) is 17.5. The molecule has 0 amide bonds. The van der Waals surface area contributed by atoms with E-state index < -0.39 is 8.07 Å². The van der Waals surface area contributed by atoms with E-state index in [1.165, 1.54) is 114 Å². The number of nitrogens with zero attached hydrogens (tertiary/aromatic N) is 1. The highest BCUT2D eigenvalue weighted by Gasteiger charge is 2.31. The average Bonchev–Trinajstić information content (AvgIpc) is 2.58. The molecule has 142 valence electrons. The van der Waals surface area contributed by atoms with E-state index in [0.717, 1.165) is 0 Å². The van der Waals surface area contributed by atoms with E-state index in [9.17, 15) is 0 Å². The Hall–Kier alpha value is -0.0831. The molecule has 0 spiro atoms. The summed E-state index contributed by atoms with van der Waals surface area (Å²) in [7, 11) is -1.18. The van der Waals surface area contributed by atoms with E-state index >= 15 is 0 Å². The largest absolute Gasteiger partial charge is 0.306 e. The van der Waals surface area contributed by atoms with Gasteiger partial charge in [0.05, 0.1) is 8.07 Å². The van der Waals surface area contributed by atoms with E-state index in [2.05, 4.69) is 31.4 Å². The summed E-state index contributed by atoms with van der Waals surface area (Å²) in [4.78, 5) is 2.89. The van der Waals surface area contributed by atoms with Gasteiger partial charge in [-0.3, -0.25) is 0 Å². The lowest BCUT2D eigenvalue weighted by Crippen LogP contribution is -2.47. The summed E-state index contributed by atoms with van der Waals surface area (Å²) in [5, 5.41) is 0. The van der Waals surface area contributed by atoms with Crippen LogP contribution in [0.2, 0.25) is 18.1 Å². The highest BCUT2D eigenvalue weighted by atomic mass is 28.3. The van der Waals surface area contributed by atoms with Gasteiger partial charge in [0.15, 0.2) is 0 Å². The maximum atomic E-state index is 4.11. The monoisotopic (exact) mass is 351 g/mol. The molecule has 0 N–H and O–H groups in total. The van der Waals surface area contributed by atoms with Gasteiger partial charge in [0.25, 0.3) is 0 Å². The lowest BCUT2D eigenvalue weighted by Gasteiger charge is -2.36. The molecule has 1 fully saturated rings. The van der Waals surface area contributed by atoms with Crippen LogP contribution in [0.4, 0.5) is 0 Å². The predicted octanol–water partition coefficient (Wildman–Crippen LogP) is 7.20. The molecular formula is C22H45NSi. The van der Waals surface area contributed by atoms with E-state index in [4.69, 9.17) is 0 Å². The van der Waals surface area contributed by atoms with Crippen LogP contribution in [0.25, 0.3) is 0 Å². The first-order chi connectivity index (χ1) is 11.8. The third kappa shape index (κ3) is 9.41. The molecule has 0 radical (unpaired) electrons. The average molecular weight is 352 g/mol. The quantitative estimate of drug-likeness (QED) is 0.330. The molecular weight excluding hydrogens is 306 g/mol. The maximum absolute atomic E-state index is 4.11. The number of hydrogen-bond donors (Lipinski definition) is 0. The van der Waals surface area contributed by atoms with Crippen LogP contribution in [0.5, 0.6) is 0 Å². The molecule has 1 rings (SSSR count). The summed E-state index contributed by atoms with van der Waals surface area (Å²) < 4.78 is 0. The second-order valence-electron chi connectivity index (χ2n) is 8.30. The molecule has 0 atom stereocenters. The molecule has 2 heteroatoms. The molecule has 0 aromatic rings. The molecule has 0 saturated carbocycles. The summed E-state index contributed by atoms with van der Waals surface area (Å²) in [5.41, 5.74) is 0. The Morgan fingerprint density at radius 2 is 1.17 bits per heavy atom. The third-order valence-electron chi connectivity index (χ3n) is 5.90. The highest BCUT2D eigenvalue weighted by Crippen LogP contribution is 2.27. The van der Waals surface area contributed by atoms with Gasteiger partial charge in [-0.15, -0.1) is 6.58 Å². The SMILES string of the molecule is C=CC[Si](CCC)(CCC)CN1CCCCCCCCCCCC1. The number of allylic oxidation sites excluding steroid dienone is 1. The van der Waals surface area contributed by atoms with E-state index in [-0.39, 0.29) is 0 Å². The van der Waals surface area contributed by atoms with Gasteiger partial charge in [-0.1, -0.05) is 96.2 Å². The number of hydrogen-bond acceptors (Lipinski definition) is 1. The molecule has 1 saturated heterocycles. The van der Waals surface area contributed by atoms with Gasteiger partial charge in [-0.25, -0.2) is 0 Å². The van der Waals surface area contributed by atoms with Crippen molar-refractivity contribution in [1.29, 1.82) is 0 Å². The Morgan fingerprint density at radius 1 is 0.750 bits per heavy atom. The van der Waals surface area contributed by atoms with Crippen molar-refractivity contribution in [3.05, 3.63) is 12.7 Å². The Labute approximate surface area is 154 Å². The first-order valence-corrected chi connectivity index (χ1v) is 13.9. The van der Waals surface area contributed by atoms with Crippen LogP contribution >= 0.6 is 0 Å². The van der Waals surface area contributed by atoms with Crippen molar-refractivity contribution in [2.75, 3.05) is 19.3 Å². The van der Waals surface area contributed by atoms with Crippen LogP contribution in [-0.4, -0.2) is 32.2 Å². The Kier molecular flexibility index (Phi) is 12.9. The highest BCUT2D eigenvalue weighted by molar-refractivity contribution is 6.80. The minimum atomic E-state index is -1.18. The Bertz CT molecular complexity index is 282. The van der Waals surface area contributed by atoms with Gasteiger partial charge < -0.3 is 4.90 Å². The molecule has 0 bridgehead atoms. The normalized spacial score (nSPS) is 19.9. The van der Waals surface area contributed by atoms with Crippen LogP contribution in [0.3, 0.4) is 0 Å². The standard InChI is InChI=1S/C22H45NSi/c1-4-19-24(20-5-2,21-6-3)22-23-17-15-13-11-9-7-8-10-12-14-16-18-23/h4H,1,5-22H2,2-3H3. The summed E-state index contributed by atoms with van der Waals surface area (Å²) in [5.74, 6) is 0. The van der Waals surface area contributed by atoms with Crippen molar-refractivity contribution in [2.45, 2.75) is 109 Å². The van der Waals surface area contributed by atoms with Gasteiger partial charge >= 0.3 is 0 Å². The first-order valence-electron chi connectivity index (χ1n) is 11.1. The molecule has 1 aliphatic rings. The van der Waals surface area contributed by atoms with E-state index in [0.29, 0.717) is 0 Å². The van der Waals surface area contributed by atoms with E-state index in [1.807, 2.05) is 0 Å². The van der Waals surface area contributed by atoms with Gasteiger partial charge in [0.2, 0.25) is 0 Å². The molecule has 0 aliphatic carbocycles. The van der Waals surface area contributed by atoms with Gasteiger partial charge in [0.1, 0.15) is 0 Å². The minimum Gasteiger partial charge on any atom is -0.306 e. The Morgan fingerprint density at radius 3 is 1.54 bits per heavy atom.